The Morgan fingerprint density at radius 2 is 1.96 bits per heavy atom. The molecular weight excluding hydrogens is 320 g/mol. The van der Waals surface area contributed by atoms with Crippen molar-refractivity contribution in [3.8, 4) is 5.69 Å². The Hall–Kier alpha value is -2.77. The van der Waals surface area contributed by atoms with Crippen molar-refractivity contribution in [3.05, 3.63) is 51.1 Å². The molecule has 0 saturated heterocycles. The third-order valence-electron chi connectivity index (χ3n) is 3.64. The summed E-state index contributed by atoms with van der Waals surface area (Å²) in [6.07, 6.45) is -0.551. The topological polar surface area (TPSA) is 87.2 Å². The molecule has 1 atom stereocenters. The number of carbonyl (C=O) groups is 1. The van der Waals surface area contributed by atoms with Crippen LogP contribution in [0.2, 0.25) is 0 Å². The number of nitrogen functional groups attached to an aromatic ring is 1. The first-order valence-electron chi connectivity index (χ1n) is 7.08. The monoisotopic (exact) mass is 337 g/mol. The van der Waals surface area contributed by atoms with E-state index in [4.69, 9.17) is 5.73 Å². The zero-order valence-electron chi connectivity index (χ0n) is 13.5. The van der Waals surface area contributed by atoms with E-state index in [9.17, 15) is 18.4 Å². The molecule has 128 valence electrons. The van der Waals surface area contributed by atoms with Gasteiger partial charge in [-0.3, -0.25) is 9.36 Å². The Labute approximate surface area is 136 Å². The van der Waals surface area contributed by atoms with E-state index in [-0.39, 0.29) is 16.9 Å². The lowest BCUT2D eigenvalue weighted by atomic mass is 10.0. The number of esters is 1. The smallest absolute Gasteiger partial charge is 0.347 e. The second-order valence-electron chi connectivity index (χ2n) is 5.30. The molecule has 2 N–H and O–H groups in total. The molecule has 2 rings (SSSR count). The van der Waals surface area contributed by atoms with Gasteiger partial charge in [-0.2, -0.15) is 0 Å². The highest BCUT2D eigenvalue weighted by Gasteiger charge is 2.21. The number of anilines is 1. The molecule has 1 aromatic carbocycles. The first-order valence-corrected chi connectivity index (χ1v) is 7.08. The number of hydrogen-bond donors (Lipinski definition) is 1. The van der Waals surface area contributed by atoms with Crippen molar-refractivity contribution in [2.75, 3.05) is 19.5 Å². The van der Waals surface area contributed by atoms with Gasteiger partial charge in [0.2, 0.25) is 0 Å². The highest BCUT2D eigenvalue weighted by molar-refractivity contribution is 5.93. The van der Waals surface area contributed by atoms with Crippen LogP contribution in [0.1, 0.15) is 33.2 Å². The summed E-state index contributed by atoms with van der Waals surface area (Å²) in [6.45, 7) is 2.17. The number of benzene rings is 1. The first-order chi connectivity index (χ1) is 11.3. The summed E-state index contributed by atoms with van der Waals surface area (Å²) < 4.78 is 31.8. The van der Waals surface area contributed by atoms with Crippen molar-refractivity contribution >= 4 is 11.8 Å². The van der Waals surface area contributed by atoms with Gasteiger partial charge >= 0.3 is 5.97 Å². The van der Waals surface area contributed by atoms with Crippen molar-refractivity contribution in [2.45, 2.75) is 20.0 Å². The van der Waals surface area contributed by atoms with Gasteiger partial charge in [-0.15, -0.1) is 0 Å². The standard InChI is InChI=1S/C16H17F2N3O3/c1-8-4-10(11(18)6-17)5-9(2)13(8)21-7-20-14(19)12(15(21)22)16(23)24-3/h4-5,7,11H,6,19H2,1-3H3. The van der Waals surface area contributed by atoms with Crippen LogP contribution in [-0.4, -0.2) is 29.3 Å². The normalized spacial score (nSPS) is 12.0. The van der Waals surface area contributed by atoms with Crippen LogP contribution in [0.25, 0.3) is 5.69 Å². The van der Waals surface area contributed by atoms with E-state index in [1.54, 1.807) is 13.8 Å². The Balaban J connectivity index is 2.70. The minimum atomic E-state index is -1.73. The van der Waals surface area contributed by atoms with Crippen molar-refractivity contribution in [2.24, 2.45) is 0 Å². The molecule has 8 heteroatoms. The molecule has 0 saturated carbocycles. The highest BCUT2D eigenvalue weighted by atomic mass is 19.2. The number of halogens is 2. The van der Waals surface area contributed by atoms with Crippen molar-refractivity contribution in [1.82, 2.24) is 9.55 Å². The molecule has 2 aromatic rings. The summed E-state index contributed by atoms with van der Waals surface area (Å²) in [4.78, 5) is 28.2. The number of nitrogens with zero attached hydrogens (tertiary/aromatic N) is 2. The molecule has 0 spiro atoms. The summed E-state index contributed by atoms with van der Waals surface area (Å²) in [7, 11) is 1.13. The molecule has 0 amide bonds. The Morgan fingerprint density at radius 3 is 2.46 bits per heavy atom. The van der Waals surface area contributed by atoms with Crippen LogP contribution in [-0.2, 0) is 4.74 Å². The van der Waals surface area contributed by atoms with Gasteiger partial charge in [-0.25, -0.2) is 18.6 Å². The lowest BCUT2D eigenvalue weighted by molar-refractivity contribution is 0.0599. The maximum Gasteiger partial charge on any atom is 0.347 e. The third kappa shape index (κ3) is 2.99. The van der Waals surface area contributed by atoms with E-state index in [0.29, 0.717) is 16.8 Å². The van der Waals surface area contributed by atoms with Crippen molar-refractivity contribution in [1.29, 1.82) is 0 Å². The van der Waals surface area contributed by atoms with Crippen LogP contribution in [0.3, 0.4) is 0 Å². The average Bonchev–Trinajstić information content (AvgIpc) is 2.55. The molecule has 0 bridgehead atoms. The maximum atomic E-state index is 13.6. The number of rotatable bonds is 4. The van der Waals surface area contributed by atoms with Gasteiger partial charge in [0, 0.05) is 0 Å². The minimum Gasteiger partial charge on any atom is -0.465 e. The Bertz CT molecular complexity index is 826. The van der Waals surface area contributed by atoms with Gasteiger partial charge in [0.25, 0.3) is 5.56 Å². The summed E-state index contributed by atoms with van der Waals surface area (Å²) in [5, 5.41) is 0. The molecule has 1 unspecified atom stereocenters. The summed E-state index contributed by atoms with van der Waals surface area (Å²) >= 11 is 0. The van der Waals surface area contributed by atoms with Crippen LogP contribution in [0.5, 0.6) is 0 Å². The fraction of sp³-hybridized carbons (Fsp3) is 0.312. The van der Waals surface area contributed by atoms with Crippen LogP contribution in [0.15, 0.2) is 23.3 Å². The average molecular weight is 337 g/mol. The zero-order valence-corrected chi connectivity index (χ0v) is 13.5. The largest absolute Gasteiger partial charge is 0.465 e. The van der Waals surface area contributed by atoms with Crippen LogP contribution >= 0.6 is 0 Å². The molecular formula is C16H17F2N3O3. The molecule has 1 heterocycles. The molecule has 24 heavy (non-hydrogen) atoms. The van der Waals surface area contributed by atoms with Gasteiger partial charge in [-0.1, -0.05) is 12.1 Å². The van der Waals surface area contributed by atoms with Crippen LogP contribution < -0.4 is 11.3 Å². The SMILES string of the molecule is COC(=O)c1c(N)ncn(-c2c(C)cc(C(F)CF)cc2C)c1=O. The number of nitrogens with two attached hydrogens (primary N) is 1. The molecule has 0 radical (unpaired) electrons. The minimum absolute atomic E-state index is 0.181. The number of ether oxygens (including phenoxy) is 1. The van der Waals surface area contributed by atoms with Gasteiger partial charge in [-0.05, 0) is 30.5 Å². The number of hydrogen-bond acceptors (Lipinski definition) is 5. The molecule has 0 aliphatic carbocycles. The summed E-state index contributed by atoms with van der Waals surface area (Å²) in [5.41, 5.74) is 6.18. The van der Waals surface area contributed by atoms with Gasteiger partial charge in [0.1, 0.15) is 18.8 Å². The van der Waals surface area contributed by atoms with Crippen molar-refractivity contribution < 1.29 is 18.3 Å². The third-order valence-corrected chi connectivity index (χ3v) is 3.64. The van der Waals surface area contributed by atoms with Crippen LogP contribution in [0, 0.1) is 13.8 Å². The summed E-state index contributed by atoms with van der Waals surface area (Å²) in [6, 6.07) is 2.90. The number of alkyl halides is 2. The fourth-order valence-electron chi connectivity index (χ4n) is 2.56. The summed E-state index contributed by atoms with van der Waals surface area (Å²) in [5.74, 6) is -1.14. The van der Waals surface area contributed by atoms with Crippen LogP contribution in [0.4, 0.5) is 14.6 Å². The van der Waals surface area contributed by atoms with E-state index in [1.807, 2.05) is 0 Å². The maximum absolute atomic E-state index is 13.6. The van der Waals surface area contributed by atoms with Gasteiger partial charge in [0.15, 0.2) is 11.7 Å². The lowest BCUT2D eigenvalue weighted by Crippen LogP contribution is -2.29. The molecule has 0 fully saturated rings. The predicted molar refractivity (Wildman–Crippen MR) is 84.9 cm³/mol. The molecule has 0 aliphatic rings. The van der Waals surface area contributed by atoms with E-state index >= 15 is 0 Å². The molecule has 6 nitrogen and oxygen atoms in total. The quantitative estimate of drug-likeness (QED) is 0.864. The number of carbonyl (C=O) groups excluding carboxylic acids is 1. The first kappa shape index (κ1) is 17.6. The van der Waals surface area contributed by atoms with Crippen molar-refractivity contribution in [3.63, 3.8) is 0 Å². The predicted octanol–water partition coefficient (Wildman–Crippen LogP) is 2.20. The Morgan fingerprint density at radius 1 is 1.38 bits per heavy atom. The number of aryl methyl sites for hydroxylation is 2. The lowest BCUT2D eigenvalue weighted by Gasteiger charge is -2.16. The van der Waals surface area contributed by atoms with Gasteiger partial charge < -0.3 is 10.5 Å². The Kier molecular flexibility index (Phi) is 4.96. The van der Waals surface area contributed by atoms with Gasteiger partial charge in [0.05, 0.1) is 12.8 Å². The number of aromatic nitrogens is 2. The van der Waals surface area contributed by atoms with E-state index < -0.39 is 24.4 Å². The van der Waals surface area contributed by atoms with E-state index in [1.165, 1.54) is 18.5 Å². The van der Waals surface area contributed by atoms with E-state index in [0.717, 1.165) is 11.7 Å². The molecule has 0 aliphatic heterocycles. The van der Waals surface area contributed by atoms with E-state index in [2.05, 4.69) is 9.72 Å². The fourth-order valence-corrected chi connectivity index (χ4v) is 2.56. The molecule has 1 aromatic heterocycles. The highest BCUT2D eigenvalue weighted by Crippen LogP contribution is 2.26. The second-order valence-corrected chi connectivity index (χ2v) is 5.30. The second kappa shape index (κ2) is 6.77. The number of methoxy groups -OCH3 is 1. The zero-order chi connectivity index (χ0) is 18.0.